The molecule has 1 heterocycles. The molecule has 0 aromatic heterocycles. The molecule has 0 bridgehead atoms. The fraction of sp³-hybridized carbons (Fsp3) is 0.316. The number of halogens is 2. The number of hydrogen-bond donors (Lipinski definition) is 0. The fourth-order valence-corrected chi connectivity index (χ4v) is 3.01. The molecular formula is C19H18F2N2O4. The molecule has 2 aromatic carbocycles. The van der Waals surface area contributed by atoms with Crippen LogP contribution in [0.25, 0.3) is 0 Å². The van der Waals surface area contributed by atoms with Gasteiger partial charge in [-0.15, -0.1) is 0 Å². The van der Waals surface area contributed by atoms with Crippen LogP contribution in [0.15, 0.2) is 42.5 Å². The van der Waals surface area contributed by atoms with Gasteiger partial charge < -0.3 is 9.64 Å². The number of hydrogen-bond acceptors (Lipinski definition) is 4. The van der Waals surface area contributed by atoms with Crippen LogP contribution < -0.4 is 0 Å². The number of nitro groups is 1. The van der Waals surface area contributed by atoms with E-state index >= 15 is 0 Å². The zero-order chi connectivity index (χ0) is 19.4. The van der Waals surface area contributed by atoms with Gasteiger partial charge in [0.15, 0.2) is 11.6 Å². The predicted octanol–water partition coefficient (Wildman–Crippen LogP) is 3.69. The number of nitrogens with zero attached hydrogens (tertiary/aromatic N) is 2. The molecule has 0 N–H and O–H groups in total. The summed E-state index contributed by atoms with van der Waals surface area (Å²) in [5.74, 6) is -2.04. The Hall–Kier alpha value is -2.87. The number of ether oxygens (including phenoxy) is 1. The van der Waals surface area contributed by atoms with Crippen LogP contribution in [0.4, 0.5) is 14.5 Å². The molecule has 0 aliphatic carbocycles. The molecule has 27 heavy (non-hydrogen) atoms. The second-order valence-corrected chi connectivity index (χ2v) is 6.38. The highest BCUT2D eigenvalue weighted by Crippen LogP contribution is 2.19. The number of benzene rings is 2. The van der Waals surface area contributed by atoms with Crippen LogP contribution >= 0.6 is 0 Å². The zero-order valence-corrected chi connectivity index (χ0v) is 14.4. The van der Waals surface area contributed by atoms with E-state index < -0.39 is 16.6 Å². The lowest BCUT2D eigenvalue weighted by Crippen LogP contribution is -2.43. The van der Waals surface area contributed by atoms with E-state index in [0.717, 1.165) is 25.0 Å². The van der Waals surface area contributed by atoms with Crippen molar-refractivity contribution in [1.82, 2.24) is 4.90 Å². The fourth-order valence-electron chi connectivity index (χ4n) is 3.01. The molecule has 1 aliphatic rings. The highest BCUT2D eigenvalue weighted by molar-refractivity contribution is 5.94. The summed E-state index contributed by atoms with van der Waals surface area (Å²) in [5.41, 5.74) is 0.826. The number of amides is 1. The number of carbonyl (C=O) groups is 1. The third-order valence-corrected chi connectivity index (χ3v) is 4.46. The van der Waals surface area contributed by atoms with E-state index in [-0.39, 0.29) is 24.3 Å². The van der Waals surface area contributed by atoms with Crippen LogP contribution in [0, 0.1) is 21.7 Å². The van der Waals surface area contributed by atoms with Gasteiger partial charge >= 0.3 is 0 Å². The highest BCUT2D eigenvalue weighted by atomic mass is 19.2. The van der Waals surface area contributed by atoms with Gasteiger partial charge in [-0.3, -0.25) is 14.9 Å². The Balaban J connectivity index is 1.58. The maximum atomic E-state index is 13.3. The molecule has 1 fully saturated rings. The number of piperidine rings is 1. The normalized spacial score (nSPS) is 17.0. The molecule has 1 saturated heterocycles. The molecular weight excluding hydrogens is 358 g/mol. The molecule has 142 valence electrons. The predicted molar refractivity (Wildman–Crippen MR) is 93.2 cm³/mol. The lowest BCUT2D eigenvalue weighted by Gasteiger charge is -2.32. The quantitative estimate of drug-likeness (QED) is 0.589. The Labute approximate surface area is 154 Å². The van der Waals surface area contributed by atoms with E-state index in [9.17, 15) is 23.7 Å². The largest absolute Gasteiger partial charge is 0.372 e. The molecule has 3 rings (SSSR count). The summed E-state index contributed by atoms with van der Waals surface area (Å²) in [6.07, 6.45) is 1.29. The van der Waals surface area contributed by atoms with Gasteiger partial charge in [-0.1, -0.05) is 6.07 Å². The maximum Gasteiger partial charge on any atom is 0.269 e. The lowest BCUT2D eigenvalue weighted by molar-refractivity contribution is -0.384. The summed E-state index contributed by atoms with van der Waals surface area (Å²) in [5, 5.41) is 10.7. The standard InChI is InChI=1S/C19H18F2N2O4/c20-17-8-3-13(10-18(17)21)12-27-16-2-1-9-22(11-16)19(24)14-4-6-15(7-5-14)23(25)26/h3-8,10,16H,1-2,9,11-12H2. The summed E-state index contributed by atoms with van der Waals surface area (Å²) < 4.78 is 32.0. The van der Waals surface area contributed by atoms with Crippen molar-refractivity contribution in [3.63, 3.8) is 0 Å². The van der Waals surface area contributed by atoms with Gasteiger partial charge in [-0.25, -0.2) is 8.78 Å². The number of nitro benzene ring substituents is 1. The van der Waals surface area contributed by atoms with Gasteiger partial charge in [0.2, 0.25) is 0 Å². The third kappa shape index (κ3) is 4.65. The number of likely N-dealkylation sites (tertiary alicyclic amines) is 1. The molecule has 1 atom stereocenters. The van der Waals surface area contributed by atoms with E-state index in [1.165, 1.54) is 30.3 Å². The highest BCUT2D eigenvalue weighted by Gasteiger charge is 2.25. The second-order valence-electron chi connectivity index (χ2n) is 6.38. The third-order valence-electron chi connectivity index (χ3n) is 4.46. The summed E-state index contributed by atoms with van der Waals surface area (Å²) in [7, 11) is 0. The summed E-state index contributed by atoms with van der Waals surface area (Å²) >= 11 is 0. The Kier molecular flexibility index (Phi) is 5.75. The van der Waals surface area contributed by atoms with Crippen molar-refractivity contribution in [2.75, 3.05) is 13.1 Å². The van der Waals surface area contributed by atoms with Crippen LogP contribution in [0.2, 0.25) is 0 Å². The second kappa shape index (κ2) is 8.22. The van der Waals surface area contributed by atoms with Crippen LogP contribution in [0.5, 0.6) is 0 Å². The van der Waals surface area contributed by atoms with Gasteiger partial charge in [-0.05, 0) is 42.7 Å². The van der Waals surface area contributed by atoms with Crippen molar-refractivity contribution in [1.29, 1.82) is 0 Å². The molecule has 0 radical (unpaired) electrons. The Morgan fingerprint density at radius 1 is 1.19 bits per heavy atom. The van der Waals surface area contributed by atoms with E-state index in [4.69, 9.17) is 4.74 Å². The van der Waals surface area contributed by atoms with Crippen molar-refractivity contribution < 1.29 is 23.2 Å². The topological polar surface area (TPSA) is 72.7 Å². The molecule has 2 aromatic rings. The van der Waals surface area contributed by atoms with Crippen molar-refractivity contribution in [3.05, 3.63) is 75.3 Å². The molecule has 0 saturated carbocycles. The van der Waals surface area contributed by atoms with Crippen LogP contribution in [0.1, 0.15) is 28.8 Å². The Morgan fingerprint density at radius 2 is 1.93 bits per heavy atom. The Morgan fingerprint density at radius 3 is 2.59 bits per heavy atom. The average molecular weight is 376 g/mol. The number of carbonyl (C=O) groups excluding carboxylic acids is 1. The summed E-state index contributed by atoms with van der Waals surface area (Å²) in [6, 6.07) is 9.08. The smallest absolute Gasteiger partial charge is 0.269 e. The zero-order valence-electron chi connectivity index (χ0n) is 14.4. The van der Waals surface area contributed by atoms with Crippen LogP contribution in [0.3, 0.4) is 0 Å². The van der Waals surface area contributed by atoms with Gasteiger partial charge in [0, 0.05) is 30.8 Å². The molecule has 8 heteroatoms. The van der Waals surface area contributed by atoms with E-state index in [1.54, 1.807) is 4.90 Å². The minimum absolute atomic E-state index is 0.0714. The Bertz CT molecular complexity index is 842. The first-order valence-corrected chi connectivity index (χ1v) is 8.53. The van der Waals surface area contributed by atoms with Crippen molar-refractivity contribution in [2.45, 2.75) is 25.6 Å². The molecule has 6 nitrogen and oxygen atoms in total. The lowest BCUT2D eigenvalue weighted by atomic mass is 10.1. The average Bonchev–Trinajstić information content (AvgIpc) is 2.68. The number of rotatable bonds is 5. The van der Waals surface area contributed by atoms with E-state index in [1.807, 2.05) is 0 Å². The molecule has 1 aliphatic heterocycles. The van der Waals surface area contributed by atoms with Crippen molar-refractivity contribution in [2.24, 2.45) is 0 Å². The van der Waals surface area contributed by atoms with Crippen molar-refractivity contribution in [3.8, 4) is 0 Å². The first kappa shape index (κ1) is 18.9. The minimum Gasteiger partial charge on any atom is -0.372 e. The van der Waals surface area contributed by atoms with Gasteiger partial charge in [0.1, 0.15) is 0 Å². The summed E-state index contributed by atoms with van der Waals surface area (Å²) in [4.78, 5) is 24.4. The van der Waals surface area contributed by atoms with Crippen molar-refractivity contribution >= 4 is 11.6 Å². The molecule has 1 amide bonds. The van der Waals surface area contributed by atoms with Gasteiger partial charge in [-0.2, -0.15) is 0 Å². The van der Waals surface area contributed by atoms with Crippen LogP contribution in [-0.2, 0) is 11.3 Å². The maximum absolute atomic E-state index is 13.3. The molecule has 0 spiro atoms. The van der Waals surface area contributed by atoms with E-state index in [2.05, 4.69) is 0 Å². The van der Waals surface area contributed by atoms with Gasteiger partial charge in [0.25, 0.3) is 11.6 Å². The molecule has 1 unspecified atom stereocenters. The minimum atomic E-state index is -0.922. The monoisotopic (exact) mass is 376 g/mol. The number of non-ortho nitro benzene ring substituents is 1. The van der Waals surface area contributed by atoms with Crippen LogP contribution in [-0.4, -0.2) is 34.9 Å². The first-order chi connectivity index (χ1) is 12.9. The SMILES string of the molecule is O=C(c1ccc([N+](=O)[O-])cc1)N1CCCC(OCc2ccc(F)c(F)c2)C1. The first-order valence-electron chi connectivity index (χ1n) is 8.53. The van der Waals surface area contributed by atoms with Gasteiger partial charge in [0.05, 0.1) is 17.6 Å². The summed E-state index contributed by atoms with van der Waals surface area (Å²) in [6.45, 7) is 1.07. The van der Waals surface area contributed by atoms with E-state index in [0.29, 0.717) is 24.2 Å².